The monoisotopic (exact) mass is 817 g/mol. The molecule has 59 heavy (non-hydrogen) atoms. The number of benzene rings is 3. The number of hydrazine groups is 1. The summed E-state index contributed by atoms with van der Waals surface area (Å²) in [7, 11) is -3.42. The highest BCUT2D eigenvalue weighted by Crippen LogP contribution is 2.47. The topological polar surface area (TPSA) is 150 Å². The first-order chi connectivity index (χ1) is 28.2. The van der Waals surface area contributed by atoms with E-state index in [2.05, 4.69) is 42.1 Å². The molecule has 3 amide bonds. The molecule has 1 aromatic heterocycles. The Kier molecular flexibility index (Phi) is 13.8. The number of hydrogen-bond acceptors (Lipinski definition) is 8. The number of nitrogens with one attached hydrogen (secondary N) is 3. The van der Waals surface area contributed by atoms with Gasteiger partial charge in [0.15, 0.2) is 0 Å². The van der Waals surface area contributed by atoms with Crippen molar-refractivity contribution in [1.29, 1.82) is 0 Å². The Labute approximate surface area is 349 Å². The predicted molar refractivity (Wildman–Crippen MR) is 234 cm³/mol. The van der Waals surface area contributed by atoms with Gasteiger partial charge < -0.3 is 20.2 Å². The highest BCUT2D eigenvalue weighted by atomic mass is 28.4. The van der Waals surface area contributed by atoms with Gasteiger partial charge in [-0.3, -0.25) is 24.2 Å². The van der Waals surface area contributed by atoms with E-state index < -0.39 is 55.4 Å². The van der Waals surface area contributed by atoms with E-state index in [1.54, 1.807) is 13.8 Å². The summed E-state index contributed by atoms with van der Waals surface area (Å²) in [5.41, 5.74) is 5.34. The Bertz CT molecular complexity index is 2110. The average molecular weight is 818 g/mol. The van der Waals surface area contributed by atoms with Gasteiger partial charge in [-0.1, -0.05) is 119 Å². The van der Waals surface area contributed by atoms with Crippen LogP contribution in [0.2, 0.25) is 5.04 Å². The Morgan fingerprint density at radius 1 is 0.864 bits per heavy atom. The molecule has 2 aliphatic heterocycles. The van der Waals surface area contributed by atoms with Crippen molar-refractivity contribution >= 4 is 59.4 Å². The van der Waals surface area contributed by atoms with E-state index >= 15 is 0 Å². The lowest BCUT2D eigenvalue weighted by atomic mass is 9.86. The van der Waals surface area contributed by atoms with Gasteiger partial charge in [-0.2, -0.15) is 0 Å². The first kappa shape index (κ1) is 43.4. The largest absolute Gasteiger partial charge is 0.455 e. The SMILES string of the molecule is CC1NC(=O)C(C(C)C)NC(=O)CCCC(C(C)(C)[Si](O)(c2ccccc2)c2ccccc2)CC=Cc2ccc3ccc(nc3c2)C(C)OC(=O)C2CCCN(N2)C1=O. The van der Waals surface area contributed by atoms with Crippen molar-refractivity contribution in [2.24, 2.45) is 11.8 Å². The van der Waals surface area contributed by atoms with Gasteiger partial charge in [0.2, 0.25) is 11.8 Å². The number of esters is 1. The maximum absolute atomic E-state index is 13.6. The second kappa shape index (κ2) is 18.8. The molecule has 6 rings (SSSR count). The third-order valence-electron chi connectivity index (χ3n) is 12.2. The summed E-state index contributed by atoms with van der Waals surface area (Å²) in [6.07, 6.45) is 6.64. The zero-order chi connectivity index (χ0) is 42.3. The van der Waals surface area contributed by atoms with Crippen LogP contribution in [0.25, 0.3) is 17.0 Å². The minimum atomic E-state index is -3.42. The van der Waals surface area contributed by atoms with Crippen molar-refractivity contribution in [1.82, 2.24) is 26.1 Å². The summed E-state index contributed by atoms with van der Waals surface area (Å²) in [6, 6.07) is 27.3. The van der Waals surface area contributed by atoms with E-state index in [9.17, 15) is 24.0 Å². The molecule has 11 nitrogen and oxygen atoms in total. The number of cyclic esters (lactones) is 1. The number of amides is 3. The number of carbonyl (C=O) groups is 4. The van der Waals surface area contributed by atoms with Gasteiger partial charge >= 0.3 is 5.97 Å². The summed E-state index contributed by atoms with van der Waals surface area (Å²) in [4.78, 5) is 72.2. The Balaban J connectivity index is 1.35. The molecule has 5 bridgehead atoms. The average Bonchev–Trinajstić information content (AvgIpc) is 3.24. The molecule has 0 aliphatic carbocycles. The molecule has 3 aromatic carbocycles. The molecule has 0 spiro atoms. The minimum Gasteiger partial charge on any atom is -0.455 e. The molecule has 2 aliphatic rings. The standard InChI is InChI=1S/C47H59N5O6Si/c1-31(2)43-44(54)48-32(3)45(55)52-29-15-23-40(51-52)46(56)58-33(4)39-28-27-35-26-25-34(30-41(35)49-39)16-13-17-36(18-14-24-42(53)50-43)47(5,6)59(57,37-19-9-7-10-20-37)38-21-11-8-12-22-38/h7-13,16,19-22,25-28,30-33,36,40,43,51,57H,14-15,17-18,23-24,29H2,1-6H3,(H,48,54)(H,50,53). The van der Waals surface area contributed by atoms with Crippen LogP contribution in [0.5, 0.6) is 0 Å². The Hall–Kier alpha value is -5.17. The molecule has 4 N–H and O–H groups in total. The van der Waals surface area contributed by atoms with Gasteiger partial charge in [-0.15, -0.1) is 0 Å². The predicted octanol–water partition coefficient (Wildman–Crippen LogP) is 5.72. The van der Waals surface area contributed by atoms with E-state index in [0.717, 1.165) is 26.8 Å². The van der Waals surface area contributed by atoms with Crippen LogP contribution in [0.1, 0.15) is 97.4 Å². The van der Waals surface area contributed by atoms with Crippen LogP contribution in [0.15, 0.2) is 97.1 Å². The highest BCUT2D eigenvalue weighted by molar-refractivity contribution is 6.98. The summed E-state index contributed by atoms with van der Waals surface area (Å²) in [5.74, 6) is -1.90. The van der Waals surface area contributed by atoms with Gasteiger partial charge in [0.05, 0.1) is 11.2 Å². The lowest BCUT2D eigenvalue weighted by Gasteiger charge is -2.46. The van der Waals surface area contributed by atoms with Gasteiger partial charge in [0.1, 0.15) is 24.2 Å². The second-order valence-electron chi connectivity index (χ2n) is 17.0. The van der Waals surface area contributed by atoms with E-state index in [-0.39, 0.29) is 24.2 Å². The maximum Gasteiger partial charge on any atom is 0.325 e. The first-order valence-corrected chi connectivity index (χ1v) is 22.9. The van der Waals surface area contributed by atoms with Crippen molar-refractivity contribution in [3.63, 3.8) is 0 Å². The van der Waals surface area contributed by atoms with Crippen molar-refractivity contribution in [2.75, 3.05) is 6.54 Å². The number of carbonyl (C=O) groups excluding carboxylic acids is 4. The molecule has 3 heterocycles. The third-order valence-corrected chi connectivity index (χ3v) is 16.8. The number of allylic oxidation sites excluding steroid dienone is 1. The zero-order valence-electron chi connectivity index (χ0n) is 35.1. The molecule has 1 saturated heterocycles. The fourth-order valence-corrected chi connectivity index (χ4v) is 12.5. The number of fused-ring (bicyclic) bond motifs is 4. The van der Waals surface area contributed by atoms with Gasteiger partial charge in [-0.25, -0.2) is 10.4 Å². The van der Waals surface area contributed by atoms with Crippen molar-refractivity contribution < 1.29 is 28.7 Å². The quantitative estimate of drug-likeness (QED) is 0.148. The second-order valence-corrected chi connectivity index (χ2v) is 20.9. The van der Waals surface area contributed by atoms with Crippen molar-refractivity contribution in [3.05, 3.63) is 108 Å². The minimum absolute atomic E-state index is 0.0436. The lowest BCUT2D eigenvalue weighted by Crippen LogP contribution is -2.67. The molecular formula is C47H59N5O6Si. The van der Waals surface area contributed by atoms with Gasteiger partial charge in [0.25, 0.3) is 14.2 Å². The normalized spacial score (nSPS) is 23.4. The molecule has 5 unspecified atom stereocenters. The van der Waals surface area contributed by atoms with E-state index in [4.69, 9.17) is 9.72 Å². The fourth-order valence-electron chi connectivity index (χ4n) is 8.51. The Morgan fingerprint density at radius 3 is 2.19 bits per heavy atom. The summed E-state index contributed by atoms with van der Waals surface area (Å²) in [6.45, 7) is 11.8. The zero-order valence-corrected chi connectivity index (χ0v) is 36.1. The molecule has 12 heteroatoms. The number of pyridine rings is 1. The molecule has 1 fully saturated rings. The van der Waals surface area contributed by atoms with Crippen LogP contribution in [-0.4, -0.2) is 71.5 Å². The molecule has 312 valence electrons. The molecule has 0 saturated carbocycles. The summed E-state index contributed by atoms with van der Waals surface area (Å²) >= 11 is 0. The number of aromatic nitrogens is 1. The molecular weight excluding hydrogens is 759 g/mol. The molecule has 0 radical (unpaired) electrons. The van der Waals surface area contributed by atoms with E-state index in [1.165, 1.54) is 5.01 Å². The summed E-state index contributed by atoms with van der Waals surface area (Å²) < 4.78 is 5.89. The third kappa shape index (κ3) is 9.83. The number of hydrogen-bond donors (Lipinski definition) is 4. The number of nitrogens with zero attached hydrogens (tertiary/aromatic N) is 2. The van der Waals surface area contributed by atoms with Gasteiger partial charge in [0, 0.05) is 18.4 Å². The van der Waals surface area contributed by atoms with Crippen LogP contribution in [0, 0.1) is 11.8 Å². The van der Waals surface area contributed by atoms with Crippen LogP contribution in [0.4, 0.5) is 0 Å². The van der Waals surface area contributed by atoms with Crippen molar-refractivity contribution in [3.8, 4) is 0 Å². The fraction of sp³-hybridized carbons (Fsp3) is 0.426. The first-order valence-electron chi connectivity index (χ1n) is 21.0. The van der Waals surface area contributed by atoms with Crippen LogP contribution < -0.4 is 26.4 Å². The van der Waals surface area contributed by atoms with Crippen LogP contribution in [-0.2, 0) is 23.9 Å². The molecule has 5 atom stereocenters. The van der Waals surface area contributed by atoms with Crippen LogP contribution >= 0.6 is 0 Å². The van der Waals surface area contributed by atoms with E-state index in [1.807, 2.05) is 105 Å². The van der Waals surface area contributed by atoms with Crippen molar-refractivity contribution in [2.45, 2.75) is 109 Å². The molecule has 4 aromatic rings. The van der Waals surface area contributed by atoms with Gasteiger partial charge in [-0.05, 0) is 90.9 Å². The smallest absolute Gasteiger partial charge is 0.325 e. The van der Waals surface area contributed by atoms with Crippen LogP contribution in [0.3, 0.4) is 0 Å². The highest BCUT2D eigenvalue weighted by Gasteiger charge is 2.53. The van der Waals surface area contributed by atoms with E-state index in [0.29, 0.717) is 44.3 Å². The number of ether oxygens (including phenoxy) is 1. The Morgan fingerprint density at radius 2 is 1.53 bits per heavy atom. The maximum atomic E-state index is 13.6. The lowest BCUT2D eigenvalue weighted by molar-refractivity contribution is -0.157. The number of rotatable bonds is 5. The summed E-state index contributed by atoms with van der Waals surface area (Å²) in [5, 5.41) is 9.31.